The maximum atomic E-state index is 12.9. The lowest BCUT2D eigenvalue weighted by atomic mass is 10.1. The summed E-state index contributed by atoms with van der Waals surface area (Å²) in [5.41, 5.74) is 0.624. The van der Waals surface area contributed by atoms with Gasteiger partial charge < -0.3 is 5.11 Å². The number of rotatable bonds is 3. The van der Waals surface area contributed by atoms with E-state index in [1.54, 1.807) is 11.4 Å². The fourth-order valence-corrected chi connectivity index (χ4v) is 1.98. The second kappa shape index (κ2) is 3.49. The molecule has 4 heteroatoms. The minimum absolute atomic E-state index is 0.00694. The van der Waals surface area contributed by atoms with Gasteiger partial charge in [-0.15, -0.1) is 11.3 Å². The predicted octanol–water partition coefficient (Wildman–Crippen LogP) is 2.39. The monoisotopic (exact) mass is 192 g/mol. The van der Waals surface area contributed by atoms with Crippen molar-refractivity contribution in [3.63, 3.8) is 0 Å². The van der Waals surface area contributed by atoms with Crippen molar-refractivity contribution < 1.29 is 13.9 Å². The molecule has 0 aromatic carbocycles. The molecule has 0 spiro atoms. The second-order valence-corrected chi connectivity index (χ2v) is 3.41. The van der Waals surface area contributed by atoms with Gasteiger partial charge in [0, 0.05) is 0 Å². The molecule has 0 saturated heterocycles. The molecule has 0 bridgehead atoms. The molecule has 0 atom stereocenters. The number of hydrogen-bond donors (Lipinski definition) is 1. The van der Waals surface area contributed by atoms with Crippen LogP contribution in [0.25, 0.3) is 0 Å². The van der Waals surface area contributed by atoms with Crippen LogP contribution in [0.2, 0.25) is 0 Å². The van der Waals surface area contributed by atoms with Crippen molar-refractivity contribution in [2.75, 3.05) is 6.61 Å². The predicted molar refractivity (Wildman–Crippen MR) is 44.7 cm³/mol. The summed E-state index contributed by atoms with van der Waals surface area (Å²) >= 11 is 0.996. The number of halogens is 2. The summed E-state index contributed by atoms with van der Waals surface area (Å²) in [6.45, 7) is 0.708. The minimum atomic E-state index is -3.07. The van der Waals surface area contributed by atoms with E-state index in [0.717, 1.165) is 11.3 Å². The highest BCUT2D eigenvalue weighted by atomic mass is 32.1. The van der Waals surface area contributed by atoms with Crippen molar-refractivity contribution >= 4 is 11.3 Å². The third-order valence-corrected chi connectivity index (χ3v) is 2.73. The van der Waals surface area contributed by atoms with Gasteiger partial charge in [-0.3, -0.25) is 0 Å². The summed E-state index contributed by atoms with van der Waals surface area (Å²) in [5, 5.41) is 10.1. The zero-order valence-electron chi connectivity index (χ0n) is 6.68. The van der Waals surface area contributed by atoms with E-state index in [-0.39, 0.29) is 4.88 Å². The smallest absolute Gasteiger partial charge is 0.304 e. The molecule has 0 unspecified atom stereocenters. The molecule has 0 amide bonds. The Morgan fingerprint density at radius 2 is 2.25 bits per heavy atom. The molecule has 12 heavy (non-hydrogen) atoms. The first-order valence-corrected chi connectivity index (χ1v) is 4.55. The molecular weight excluding hydrogens is 182 g/mol. The Balaban J connectivity index is 3.00. The fraction of sp³-hybridized carbons (Fsp3) is 0.500. The van der Waals surface area contributed by atoms with Crippen LogP contribution in [0.5, 0.6) is 0 Å². The Morgan fingerprint density at radius 3 is 2.75 bits per heavy atom. The van der Waals surface area contributed by atoms with E-state index >= 15 is 0 Å². The average Bonchev–Trinajstić information content (AvgIpc) is 2.52. The van der Waals surface area contributed by atoms with Crippen LogP contribution in [0, 0.1) is 0 Å². The van der Waals surface area contributed by atoms with Crippen molar-refractivity contribution in [3.05, 3.63) is 21.9 Å². The van der Waals surface area contributed by atoms with E-state index in [9.17, 15) is 8.78 Å². The molecule has 1 aromatic rings. The Hall–Kier alpha value is -0.480. The number of hydrogen-bond acceptors (Lipinski definition) is 2. The summed E-state index contributed by atoms with van der Waals surface area (Å²) in [5.74, 6) is -3.07. The van der Waals surface area contributed by atoms with Crippen molar-refractivity contribution in [1.29, 1.82) is 0 Å². The number of alkyl halides is 2. The maximum absolute atomic E-state index is 12.9. The van der Waals surface area contributed by atoms with E-state index in [2.05, 4.69) is 0 Å². The molecule has 0 aliphatic heterocycles. The molecule has 0 radical (unpaired) electrons. The van der Waals surface area contributed by atoms with Gasteiger partial charge in [0.05, 0.1) is 4.88 Å². The molecule has 1 N–H and O–H groups in total. The Morgan fingerprint density at radius 1 is 1.58 bits per heavy atom. The first kappa shape index (κ1) is 9.61. The SMILES string of the molecule is CCc1ccsc1C(F)(F)CO. The van der Waals surface area contributed by atoms with Crippen molar-refractivity contribution in [2.24, 2.45) is 0 Å². The third-order valence-electron chi connectivity index (χ3n) is 1.66. The van der Waals surface area contributed by atoms with E-state index in [1.165, 1.54) is 0 Å². The van der Waals surface area contributed by atoms with E-state index in [1.807, 2.05) is 6.92 Å². The number of aliphatic hydroxyl groups is 1. The van der Waals surface area contributed by atoms with Crippen LogP contribution in [0.4, 0.5) is 8.78 Å². The normalized spacial score (nSPS) is 12.0. The van der Waals surface area contributed by atoms with Crippen LogP contribution in [0.15, 0.2) is 11.4 Å². The highest BCUT2D eigenvalue weighted by Gasteiger charge is 2.33. The van der Waals surface area contributed by atoms with Gasteiger partial charge >= 0.3 is 5.92 Å². The summed E-state index contributed by atoms with van der Waals surface area (Å²) in [6.07, 6.45) is 0.578. The zero-order valence-corrected chi connectivity index (χ0v) is 7.50. The van der Waals surface area contributed by atoms with Crippen molar-refractivity contribution in [1.82, 2.24) is 0 Å². The number of aryl methyl sites for hydroxylation is 1. The second-order valence-electron chi connectivity index (χ2n) is 2.49. The van der Waals surface area contributed by atoms with Gasteiger partial charge in [-0.05, 0) is 23.4 Å². The molecular formula is C8H10F2OS. The molecule has 1 heterocycles. The lowest BCUT2D eigenvalue weighted by Crippen LogP contribution is -2.18. The fourth-order valence-electron chi connectivity index (χ4n) is 1.01. The molecule has 0 fully saturated rings. The largest absolute Gasteiger partial charge is 0.390 e. The summed E-state index contributed by atoms with van der Waals surface area (Å²) < 4.78 is 25.9. The molecule has 1 rings (SSSR count). The van der Waals surface area contributed by atoms with Crippen molar-refractivity contribution in [2.45, 2.75) is 19.3 Å². The van der Waals surface area contributed by atoms with Crippen LogP contribution < -0.4 is 0 Å². The number of thiophene rings is 1. The van der Waals surface area contributed by atoms with Crippen LogP contribution in [-0.2, 0) is 12.3 Å². The van der Waals surface area contributed by atoms with Gasteiger partial charge in [-0.25, -0.2) is 0 Å². The minimum Gasteiger partial charge on any atom is -0.390 e. The first-order chi connectivity index (χ1) is 5.61. The van der Waals surface area contributed by atoms with Gasteiger partial charge in [-0.2, -0.15) is 8.78 Å². The maximum Gasteiger partial charge on any atom is 0.304 e. The standard InChI is InChI=1S/C8H10F2OS/c1-2-6-3-4-12-7(6)8(9,10)5-11/h3-4,11H,2,5H2,1H3. The molecule has 1 aromatic heterocycles. The Labute approximate surface area is 73.7 Å². The quantitative estimate of drug-likeness (QED) is 0.779. The number of aliphatic hydroxyl groups excluding tert-OH is 1. The van der Waals surface area contributed by atoms with Crippen LogP contribution in [-0.4, -0.2) is 11.7 Å². The molecule has 0 saturated carbocycles. The first-order valence-electron chi connectivity index (χ1n) is 3.67. The van der Waals surface area contributed by atoms with Crippen LogP contribution in [0.3, 0.4) is 0 Å². The van der Waals surface area contributed by atoms with Gasteiger partial charge in [0.15, 0.2) is 0 Å². The van der Waals surface area contributed by atoms with Gasteiger partial charge in [-0.1, -0.05) is 6.92 Å². The van der Waals surface area contributed by atoms with Crippen molar-refractivity contribution in [3.8, 4) is 0 Å². The van der Waals surface area contributed by atoms with Crippen LogP contribution >= 0.6 is 11.3 Å². The van der Waals surface area contributed by atoms with E-state index in [0.29, 0.717) is 12.0 Å². The topological polar surface area (TPSA) is 20.2 Å². The molecule has 0 aliphatic rings. The highest BCUT2D eigenvalue weighted by molar-refractivity contribution is 7.10. The Bertz CT molecular complexity index is 257. The molecule has 0 aliphatic carbocycles. The van der Waals surface area contributed by atoms with E-state index < -0.39 is 12.5 Å². The highest BCUT2D eigenvalue weighted by Crippen LogP contribution is 2.34. The average molecular weight is 192 g/mol. The summed E-state index contributed by atoms with van der Waals surface area (Å²) in [7, 11) is 0. The van der Waals surface area contributed by atoms with Gasteiger partial charge in [0.2, 0.25) is 0 Å². The molecule has 68 valence electrons. The molecule has 1 nitrogen and oxygen atoms in total. The van der Waals surface area contributed by atoms with E-state index in [4.69, 9.17) is 5.11 Å². The van der Waals surface area contributed by atoms with Crippen LogP contribution in [0.1, 0.15) is 17.4 Å². The van der Waals surface area contributed by atoms with Gasteiger partial charge in [0.1, 0.15) is 6.61 Å². The summed E-state index contributed by atoms with van der Waals surface area (Å²) in [4.78, 5) is -0.00694. The van der Waals surface area contributed by atoms with Gasteiger partial charge in [0.25, 0.3) is 0 Å². The summed E-state index contributed by atoms with van der Waals surface area (Å²) in [6, 6.07) is 1.67. The lowest BCUT2D eigenvalue weighted by molar-refractivity contribution is -0.0530. The third kappa shape index (κ3) is 1.64. The lowest BCUT2D eigenvalue weighted by Gasteiger charge is -2.12. The Kier molecular flexibility index (Phi) is 2.80. The zero-order chi connectivity index (χ0) is 9.19.